The molecule has 134 valence electrons. The van der Waals surface area contributed by atoms with E-state index < -0.39 is 5.60 Å². The molecule has 1 aromatic heterocycles. The Balaban J connectivity index is 1.81. The number of rotatable bonds is 5. The Kier molecular flexibility index (Phi) is 6.40. The Morgan fingerprint density at radius 2 is 2.04 bits per heavy atom. The second-order valence-corrected chi connectivity index (χ2v) is 7.26. The van der Waals surface area contributed by atoms with Gasteiger partial charge in [-0.15, -0.1) is 0 Å². The summed E-state index contributed by atoms with van der Waals surface area (Å²) in [5, 5.41) is 0. The van der Waals surface area contributed by atoms with E-state index in [0.29, 0.717) is 12.5 Å². The van der Waals surface area contributed by atoms with Gasteiger partial charge in [-0.05, 0) is 59.8 Å². The Morgan fingerprint density at radius 3 is 2.75 bits per heavy atom. The number of nitrogens with zero attached hydrogens (tertiary/aromatic N) is 3. The van der Waals surface area contributed by atoms with Crippen LogP contribution < -0.4 is 4.74 Å². The van der Waals surface area contributed by atoms with Gasteiger partial charge in [-0.2, -0.15) is 0 Å². The van der Waals surface area contributed by atoms with Crippen LogP contribution in [0.25, 0.3) is 0 Å². The smallest absolute Gasteiger partial charge is 0.410 e. The first kappa shape index (κ1) is 18.5. The maximum atomic E-state index is 12.4. The van der Waals surface area contributed by atoms with Crippen molar-refractivity contribution in [1.29, 1.82) is 0 Å². The van der Waals surface area contributed by atoms with Gasteiger partial charge in [-0.3, -0.25) is 4.98 Å². The van der Waals surface area contributed by atoms with E-state index in [0.717, 1.165) is 44.3 Å². The molecular weight excluding hydrogens is 306 g/mol. The fraction of sp³-hybridized carbons (Fsp3) is 0.722. The molecule has 1 atom stereocenters. The Morgan fingerprint density at radius 1 is 1.29 bits per heavy atom. The van der Waals surface area contributed by atoms with Gasteiger partial charge in [0.2, 0.25) is 5.88 Å². The molecule has 1 unspecified atom stereocenters. The monoisotopic (exact) mass is 335 g/mol. The van der Waals surface area contributed by atoms with Crippen LogP contribution in [0.2, 0.25) is 0 Å². The van der Waals surface area contributed by atoms with Crippen LogP contribution in [0.5, 0.6) is 5.88 Å². The quantitative estimate of drug-likeness (QED) is 0.767. The molecule has 1 aliphatic rings. The Bertz CT molecular complexity index is 543. The van der Waals surface area contributed by atoms with Crippen LogP contribution in [-0.2, 0) is 4.74 Å². The molecule has 1 fully saturated rings. The van der Waals surface area contributed by atoms with Gasteiger partial charge in [-0.1, -0.05) is 0 Å². The lowest BCUT2D eigenvalue weighted by molar-refractivity contribution is 0.00822. The molecule has 0 radical (unpaired) electrons. The summed E-state index contributed by atoms with van der Waals surface area (Å²) in [5.74, 6) is 0.588. The van der Waals surface area contributed by atoms with Crippen molar-refractivity contribution in [3.63, 3.8) is 0 Å². The van der Waals surface area contributed by atoms with Gasteiger partial charge in [-0.25, -0.2) is 9.78 Å². The summed E-state index contributed by atoms with van der Waals surface area (Å²) in [6.07, 6.45) is 8.12. The van der Waals surface area contributed by atoms with Gasteiger partial charge in [0.1, 0.15) is 5.60 Å². The number of ether oxygens (including phenoxy) is 2. The number of hydrogen-bond acceptors (Lipinski definition) is 5. The van der Waals surface area contributed by atoms with E-state index in [-0.39, 0.29) is 12.1 Å². The molecule has 1 aliphatic heterocycles. The number of likely N-dealkylation sites (tertiary alicyclic amines) is 1. The first-order chi connectivity index (χ1) is 11.4. The highest BCUT2D eigenvalue weighted by atomic mass is 16.6. The topological polar surface area (TPSA) is 64.6 Å². The van der Waals surface area contributed by atoms with Gasteiger partial charge in [0, 0.05) is 25.0 Å². The van der Waals surface area contributed by atoms with Crippen molar-refractivity contribution >= 4 is 6.09 Å². The molecule has 2 rings (SSSR count). The van der Waals surface area contributed by atoms with Gasteiger partial charge in [0.25, 0.3) is 0 Å². The molecule has 1 saturated heterocycles. The predicted molar refractivity (Wildman–Crippen MR) is 92.1 cm³/mol. The molecule has 2 heterocycles. The zero-order valence-electron chi connectivity index (χ0n) is 15.2. The molecule has 0 aromatic carbocycles. The fourth-order valence-corrected chi connectivity index (χ4v) is 2.89. The van der Waals surface area contributed by atoms with Crippen LogP contribution in [0.4, 0.5) is 4.79 Å². The van der Waals surface area contributed by atoms with Crippen molar-refractivity contribution in [2.45, 2.75) is 71.4 Å². The molecule has 0 saturated carbocycles. The van der Waals surface area contributed by atoms with Gasteiger partial charge in [0.15, 0.2) is 0 Å². The number of carbonyl (C=O) groups excluding carboxylic acids is 1. The third-order valence-corrected chi connectivity index (χ3v) is 4.01. The largest absolute Gasteiger partial charge is 0.476 e. The summed E-state index contributed by atoms with van der Waals surface area (Å²) >= 11 is 0. The minimum Gasteiger partial charge on any atom is -0.476 e. The van der Waals surface area contributed by atoms with Crippen molar-refractivity contribution in [1.82, 2.24) is 14.9 Å². The molecule has 1 amide bonds. The van der Waals surface area contributed by atoms with Crippen molar-refractivity contribution < 1.29 is 14.3 Å². The standard InChI is InChI=1S/C18H29N3O3/c1-14-16(20-11-10-19-14)23-13-7-9-15-8-5-6-12-21(15)17(22)24-18(2,3)4/h10-11,15H,5-9,12-13H2,1-4H3. The van der Waals surface area contributed by atoms with E-state index in [1.165, 1.54) is 0 Å². The lowest BCUT2D eigenvalue weighted by atomic mass is 9.98. The molecule has 0 bridgehead atoms. The van der Waals surface area contributed by atoms with Crippen LogP contribution in [0.1, 0.15) is 58.6 Å². The van der Waals surface area contributed by atoms with E-state index in [9.17, 15) is 4.79 Å². The number of aromatic nitrogens is 2. The van der Waals surface area contributed by atoms with E-state index in [1.54, 1.807) is 12.4 Å². The zero-order valence-corrected chi connectivity index (χ0v) is 15.2. The highest BCUT2D eigenvalue weighted by molar-refractivity contribution is 5.68. The Hall–Kier alpha value is -1.85. The number of aryl methyl sites for hydroxylation is 1. The molecule has 0 N–H and O–H groups in total. The number of piperidine rings is 1. The predicted octanol–water partition coefficient (Wildman–Crippen LogP) is 3.73. The second kappa shape index (κ2) is 8.31. The lowest BCUT2D eigenvalue weighted by Crippen LogP contribution is -2.46. The average molecular weight is 335 g/mol. The first-order valence-electron chi connectivity index (χ1n) is 8.77. The van der Waals surface area contributed by atoms with Crippen LogP contribution in [0.3, 0.4) is 0 Å². The average Bonchev–Trinajstić information content (AvgIpc) is 2.52. The van der Waals surface area contributed by atoms with Gasteiger partial charge < -0.3 is 14.4 Å². The summed E-state index contributed by atoms with van der Waals surface area (Å²) in [4.78, 5) is 22.6. The highest BCUT2D eigenvalue weighted by Crippen LogP contribution is 2.23. The minimum absolute atomic E-state index is 0.196. The lowest BCUT2D eigenvalue weighted by Gasteiger charge is -2.36. The normalized spacial score (nSPS) is 18.3. The summed E-state index contributed by atoms with van der Waals surface area (Å²) in [5.41, 5.74) is 0.344. The Labute approximate surface area is 144 Å². The first-order valence-corrected chi connectivity index (χ1v) is 8.77. The van der Waals surface area contributed by atoms with Crippen molar-refractivity contribution in [2.75, 3.05) is 13.2 Å². The molecule has 0 spiro atoms. The number of carbonyl (C=O) groups is 1. The molecule has 24 heavy (non-hydrogen) atoms. The third kappa shape index (κ3) is 5.65. The SMILES string of the molecule is Cc1nccnc1OCCCC1CCCCN1C(=O)OC(C)(C)C. The van der Waals surface area contributed by atoms with Crippen LogP contribution >= 0.6 is 0 Å². The van der Waals surface area contributed by atoms with Crippen LogP contribution in [-0.4, -0.2) is 45.8 Å². The van der Waals surface area contributed by atoms with E-state index in [4.69, 9.17) is 9.47 Å². The molecule has 6 nitrogen and oxygen atoms in total. The van der Waals surface area contributed by atoms with Gasteiger partial charge >= 0.3 is 6.09 Å². The van der Waals surface area contributed by atoms with E-state index in [2.05, 4.69) is 9.97 Å². The summed E-state index contributed by atoms with van der Waals surface area (Å²) in [7, 11) is 0. The molecule has 1 aromatic rings. The van der Waals surface area contributed by atoms with Gasteiger partial charge in [0.05, 0.1) is 12.3 Å². The summed E-state index contributed by atoms with van der Waals surface area (Å²) in [6.45, 7) is 8.96. The van der Waals surface area contributed by atoms with Crippen LogP contribution in [0, 0.1) is 6.92 Å². The maximum absolute atomic E-state index is 12.4. The molecule has 0 aliphatic carbocycles. The minimum atomic E-state index is -0.453. The van der Waals surface area contributed by atoms with Crippen molar-refractivity contribution in [2.24, 2.45) is 0 Å². The van der Waals surface area contributed by atoms with Crippen molar-refractivity contribution in [3.8, 4) is 5.88 Å². The molecule has 6 heteroatoms. The summed E-state index contributed by atoms with van der Waals surface area (Å²) < 4.78 is 11.2. The summed E-state index contributed by atoms with van der Waals surface area (Å²) in [6, 6.07) is 0.236. The molecular formula is C18H29N3O3. The van der Waals surface area contributed by atoms with Crippen LogP contribution in [0.15, 0.2) is 12.4 Å². The third-order valence-electron chi connectivity index (χ3n) is 4.01. The maximum Gasteiger partial charge on any atom is 0.410 e. The van der Waals surface area contributed by atoms with E-state index in [1.807, 2.05) is 32.6 Å². The number of amides is 1. The zero-order chi connectivity index (χ0) is 17.6. The highest BCUT2D eigenvalue weighted by Gasteiger charge is 2.30. The number of hydrogen-bond donors (Lipinski definition) is 0. The van der Waals surface area contributed by atoms with E-state index >= 15 is 0 Å². The van der Waals surface area contributed by atoms with Crippen molar-refractivity contribution in [3.05, 3.63) is 18.1 Å². The second-order valence-electron chi connectivity index (χ2n) is 7.26. The fourth-order valence-electron chi connectivity index (χ4n) is 2.89.